The first-order chi connectivity index (χ1) is 18.5. The van der Waals surface area contributed by atoms with E-state index in [0.29, 0.717) is 0 Å². The Hall–Kier alpha value is -2.90. The van der Waals surface area contributed by atoms with Crippen LogP contribution >= 0.6 is 19.6 Å². The number of carbonyl (C=O) groups is 1. The van der Waals surface area contributed by atoms with E-state index in [2.05, 4.69) is 15.0 Å². The Labute approximate surface area is 227 Å². The Morgan fingerprint density at radius 1 is 1.33 bits per heavy atom. The number of para-hydroxylation sites is 1. The minimum absolute atomic E-state index is 0.0908. The second-order valence-corrected chi connectivity index (χ2v) is 11.9. The van der Waals surface area contributed by atoms with Crippen molar-refractivity contribution in [3.8, 4) is 5.75 Å². The van der Waals surface area contributed by atoms with Crippen LogP contribution in [-0.4, -0.2) is 57.5 Å². The number of ether oxygens (including phenoxy) is 1. The molecule has 39 heavy (non-hydrogen) atoms. The van der Waals surface area contributed by atoms with Crippen LogP contribution in [0.4, 0.5) is 0 Å². The van der Waals surface area contributed by atoms with Gasteiger partial charge in [-0.2, -0.15) is 0 Å². The Morgan fingerprint density at radius 2 is 2.05 bits per heavy atom. The number of nitrogens with one attached hydrogen (secondary N) is 1. The van der Waals surface area contributed by atoms with E-state index in [4.69, 9.17) is 23.8 Å². The van der Waals surface area contributed by atoms with Crippen molar-refractivity contribution in [3.63, 3.8) is 0 Å². The lowest BCUT2D eigenvalue weighted by Gasteiger charge is -2.22. The number of aliphatic hydroxyl groups excluding tert-OH is 1. The summed E-state index contributed by atoms with van der Waals surface area (Å²) in [4.78, 5) is 41.3. The Kier molecular flexibility index (Phi) is 10.6. The third kappa shape index (κ3) is 8.29. The van der Waals surface area contributed by atoms with E-state index in [-0.39, 0.29) is 48.4 Å². The molecule has 0 bridgehead atoms. The topological polar surface area (TPSA) is 195 Å². The van der Waals surface area contributed by atoms with Gasteiger partial charge in [-0.25, -0.2) is 9.36 Å². The van der Waals surface area contributed by atoms with Gasteiger partial charge in [0.25, 0.3) is 5.56 Å². The van der Waals surface area contributed by atoms with Crippen molar-refractivity contribution in [1.82, 2.24) is 9.55 Å². The van der Waals surface area contributed by atoms with Crippen molar-refractivity contribution >= 4 is 24.7 Å². The standard InChI is InChI=1S/C23H30N5O9PS/c1-15-12-28(22(32)25-20(15)30)19-11-17(26-27-24)18(36-19)13-35-38(33,37-16-7-5-4-6-8-16)34-9-10-39-21(31)23(2,3)14-29/h4-8,12,17-19,29H,9-11,13-14H2,1-3H3,(H,25,30,32)/t17?,18-,19-,38?/m1/s1. The highest BCUT2D eigenvalue weighted by molar-refractivity contribution is 8.13. The molecule has 1 fully saturated rings. The number of hydrogen-bond donors (Lipinski definition) is 2. The molecule has 14 nitrogen and oxygen atoms in total. The fourth-order valence-electron chi connectivity index (χ4n) is 3.43. The first kappa shape index (κ1) is 30.6. The number of thioether (sulfide) groups is 1. The molecule has 2 heterocycles. The number of carbonyl (C=O) groups excluding carboxylic acids is 1. The molecule has 16 heteroatoms. The van der Waals surface area contributed by atoms with E-state index in [9.17, 15) is 24.1 Å². The molecule has 1 aliphatic heterocycles. The number of rotatable bonds is 13. The molecule has 1 aromatic heterocycles. The van der Waals surface area contributed by atoms with Crippen LogP contribution in [0.2, 0.25) is 0 Å². The van der Waals surface area contributed by atoms with E-state index >= 15 is 0 Å². The van der Waals surface area contributed by atoms with E-state index in [1.165, 1.54) is 17.7 Å². The van der Waals surface area contributed by atoms with Gasteiger partial charge >= 0.3 is 13.5 Å². The molecular weight excluding hydrogens is 553 g/mol. The van der Waals surface area contributed by atoms with Crippen molar-refractivity contribution in [2.45, 2.75) is 45.6 Å². The van der Waals surface area contributed by atoms with Crippen molar-refractivity contribution in [2.75, 3.05) is 25.6 Å². The summed E-state index contributed by atoms with van der Waals surface area (Å²) in [6, 6.07) is 7.38. The predicted octanol–water partition coefficient (Wildman–Crippen LogP) is 3.31. The van der Waals surface area contributed by atoms with Gasteiger partial charge in [0.2, 0.25) is 0 Å². The molecule has 2 aromatic rings. The van der Waals surface area contributed by atoms with Gasteiger partial charge in [-0.1, -0.05) is 35.1 Å². The van der Waals surface area contributed by atoms with Gasteiger partial charge in [0.05, 0.1) is 37.4 Å². The molecule has 0 aliphatic carbocycles. The van der Waals surface area contributed by atoms with Gasteiger partial charge in [-0.05, 0) is 38.4 Å². The number of hydrogen-bond acceptors (Lipinski definition) is 11. The highest BCUT2D eigenvalue weighted by atomic mass is 32.2. The molecule has 212 valence electrons. The summed E-state index contributed by atoms with van der Waals surface area (Å²) < 4.78 is 37.2. The maximum absolute atomic E-state index is 13.5. The molecule has 2 N–H and O–H groups in total. The number of H-pyrrole nitrogens is 1. The lowest BCUT2D eigenvalue weighted by atomic mass is 9.97. The fraction of sp³-hybridized carbons (Fsp3) is 0.522. The second kappa shape index (κ2) is 13.4. The van der Waals surface area contributed by atoms with Gasteiger partial charge in [-0.3, -0.25) is 28.2 Å². The summed E-state index contributed by atoms with van der Waals surface area (Å²) in [6.45, 7) is 3.85. The van der Waals surface area contributed by atoms with Crippen LogP contribution in [0.5, 0.6) is 5.75 Å². The SMILES string of the molecule is Cc1cn([C@H]2CC(N=[N+]=[N-])[C@@H](COP(=O)(OCCSC(=O)C(C)(C)CO)Oc3ccccc3)O2)c(=O)[nH]c1=O. The molecule has 1 aromatic carbocycles. The third-order valence-corrected chi connectivity index (χ3v) is 8.32. The van der Waals surface area contributed by atoms with Crippen LogP contribution < -0.4 is 15.8 Å². The summed E-state index contributed by atoms with van der Waals surface area (Å²) in [5.41, 5.74) is 7.13. The Balaban J connectivity index is 1.72. The van der Waals surface area contributed by atoms with Crippen LogP contribution in [-0.2, 0) is 23.1 Å². The number of nitrogens with zero attached hydrogens (tertiary/aromatic N) is 4. The van der Waals surface area contributed by atoms with Gasteiger partial charge < -0.3 is 14.4 Å². The van der Waals surface area contributed by atoms with E-state index < -0.39 is 42.9 Å². The van der Waals surface area contributed by atoms with Crippen LogP contribution in [0.3, 0.4) is 0 Å². The largest absolute Gasteiger partial charge is 0.530 e. The number of benzene rings is 1. The Bertz CT molecular complexity index is 1360. The fourth-order valence-corrected chi connectivity index (χ4v) is 5.57. The maximum Gasteiger partial charge on any atom is 0.530 e. The number of phosphoric acid groups is 1. The minimum atomic E-state index is -4.27. The van der Waals surface area contributed by atoms with Crippen molar-refractivity contribution in [2.24, 2.45) is 10.5 Å². The molecule has 0 saturated carbocycles. The molecule has 0 amide bonds. The predicted molar refractivity (Wildman–Crippen MR) is 142 cm³/mol. The van der Waals surface area contributed by atoms with Gasteiger partial charge in [-0.15, -0.1) is 0 Å². The number of aromatic amines is 1. The summed E-state index contributed by atoms with van der Waals surface area (Å²) >= 11 is 0.913. The van der Waals surface area contributed by atoms with E-state index in [1.54, 1.807) is 44.2 Å². The van der Waals surface area contributed by atoms with Crippen molar-refractivity contribution in [3.05, 3.63) is 73.4 Å². The smallest absolute Gasteiger partial charge is 0.404 e. The van der Waals surface area contributed by atoms with Crippen LogP contribution in [0.25, 0.3) is 10.4 Å². The van der Waals surface area contributed by atoms with Crippen LogP contribution in [0.1, 0.15) is 32.1 Å². The quantitative estimate of drug-likeness (QED) is 0.116. The minimum Gasteiger partial charge on any atom is -0.404 e. The average Bonchev–Trinajstić information content (AvgIpc) is 3.30. The van der Waals surface area contributed by atoms with E-state index in [0.717, 1.165) is 11.8 Å². The van der Waals surface area contributed by atoms with Crippen molar-refractivity contribution < 1.29 is 32.8 Å². The van der Waals surface area contributed by atoms with Gasteiger partial charge in [0, 0.05) is 28.8 Å². The zero-order valence-corrected chi connectivity index (χ0v) is 23.3. The first-order valence-electron chi connectivity index (χ1n) is 11.9. The molecule has 1 aliphatic rings. The number of azide groups is 1. The molecule has 3 rings (SSSR count). The lowest BCUT2D eigenvalue weighted by Crippen LogP contribution is -2.33. The lowest BCUT2D eigenvalue weighted by molar-refractivity contribution is -0.119. The summed E-state index contributed by atoms with van der Waals surface area (Å²) in [7, 11) is -4.27. The number of phosphoric ester groups is 1. The first-order valence-corrected chi connectivity index (χ1v) is 14.4. The highest BCUT2D eigenvalue weighted by Gasteiger charge is 2.39. The van der Waals surface area contributed by atoms with E-state index in [1.807, 2.05) is 0 Å². The molecule has 2 unspecified atom stereocenters. The van der Waals surface area contributed by atoms with Gasteiger partial charge in [0.15, 0.2) is 5.12 Å². The zero-order chi connectivity index (χ0) is 28.6. The van der Waals surface area contributed by atoms with Crippen LogP contribution in [0.15, 0.2) is 51.2 Å². The average molecular weight is 584 g/mol. The zero-order valence-electron chi connectivity index (χ0n) is 21.6. The molecule has 1 saturated heterocycles. The normalized spacial score (nSPS) is 20.7. The summed E-state index contributed by atoms with van der Waals surface area (Å²) in [6.07, 6.45) is -0.383. The molecule has 4 atom stereocenters. The number of aromatic nitrogens is 2. The molecule has 0 radical (unpaired) electrons. The third-order valence-electron chi connectivity index (χ3n) is 5.73. The number of aryl methyl sites for hydroxylation is 1. The second-order valence-electron chi connectivity index (χ2n) is 9.27. The Morgan fingerprint density at radius 3 is 2.72 bits per heavy atom. The monoisotopic (exact) mass is 583 g/mol. The molecular formula is C23H30N5O9PS. The summed E-state index contributed by atoms with van der Waals surface area (Å²) in [5.74, 6) is 0.323. The molecule has 0 spiro atoms. The maximum atomic E-state index is 13.5. The van der Waals surface area contributed by atoms with Crippen LogP contribution in [0, 0.1) is 12.3 Å². The van der Waals surface area contributed by atoms with Gasteiger partial charge in [0.1, 0.15) is 12.0 Å². The van der Waals surface area contributed by atoms with Crippen molar-refractivity contribution in [1.29, 1.82) is 0 Å². The summed E-state index contributed by atoms with van der Waals surface area (Å²) in [5, 5.41) is 12.8. The number of aliphatic hydroxyl groups is 1. The highest BCUT2D eigenvalue weighted by Crippen LogP contribution is 2.50.